The largest absolute Gasteiger partial charge is 0.463 e. The highest BCUT2D eigenvalue weighted by molar-refractivity contribution is 6.42. The lowest BCUT2D eigenvalue weighted by Crippen LogP contribution is -2.51. The number of urea groups is 2. The fraction of sp³-hybridized carbons (Fsp3) is 0.500. The van der Waals surface area contributed by atoms with E-state index in [4.69, 9.17) is 27.9 Å². The van der Waals surface area contributed by atoms with Gasteiger partial charge in [-0.25, -0.2) is 14.4 Å². The summed E-state index contributed by atoms with van der Waals surface area (Å²) >= 11 is 12.4. The van der Waals surface area contributed by atoms with Crippen LogP contribution >= 0.6 is 23.2 Å². The molecule has 202 valence electrons. The van der Waals surface area contributed by atoms with E-state index < -0.39 is 12.0 Å². The molecule has 0 radical (unpaired) electrons. The summed E-state index contributed by atoms with van der Waals surface area (Å²) in [7, 11) is 0. The lowest BCUT2D eigenvalue weighted by Gasteiger charge is -2.38. The molecule has 4 amide bonds. The monoisotopic (exact) mass is 551 g/mol. The molecule has 0 aromatic heterocycles. The van der Waals surface area contributed by atoms with Gasteiger partial charge in [0.25, 0.3) is 0 Å². The van der Waals surface area contributed by atoms with E-state index in [1.54, 1.807) is 31.2 Å². The molecule has 2 aliphatic heterocycles. The number of hydrogen-bond donors (Lipinski definition) is 2. The van der Waals surface area contributed by atoms with Crippen LogP contribution in [0.2, 0.25) is 10.0 Å². The van der Waals surface area contributed by atoms with E-state index >= 15 is 0 Å². The number of carbonyl (C=O) groups is 3. The Morgan fingerprint density at radius 1 is 1.19 bits per heavy atom. The van der Waals surface area contributed by atoms with Crippen molar-refractivity contribution < 1.29 is 19.1 Å². The number of rotatable bonds is 9. The van der Waals surface area contributed by atoms with Gasteiger partial charge < -0.3 is 20.3 Å². The van der Waals surface area contributed by atoms with Crippen molar-refractivity contribution in [2.45, 2.75) is 32.7 Å². The Balaban J connectivity index is 1.97. The standard InChI is InChI=1S/C26H35Cl2N5O4/c1-4-10-29-25(35)32-13-7-12-31(14-15-32)17-21-22(24(34)37-6-3)23(30-26(36)33(21)11-5-2)18-8-9-19(27)20(28)16-18/h5,8-9,16,23H,2,4,6-7,10-15,17H2,1,3H3,(H,29,35)(H,30,36). The van der Waals surface area contributed by atoms with Crippen molar-refractivity contribution in [3.63, 3.8) is 0 Å². The van der Waals surface area contributed by atoms with Crippen LogP contribution < -0.4 is 10.6 Å². The first-order chi connectivity index (χ1) is 17.8. The van der Waals surface area contributed by atoms with E-state index in [2.05, 4.69) is 22.1 Å². The van der Waals surface area contributed by atoms with Crippen molar-refractivity contribution in [3.05, 3.63) is 57.7 Å². The molecule has 0 bridgehead atoms. The highest BCUT2D eigenvalue weighted by Crippen LogP contribution is 2.35. The molecule has 9 nitrogen and oxygen atoms in total. The van der Waals surface area contributed by atoms with E-state index in [0.29, 0.717) is 66.1 Å². The topological polar surface area (TPSA) is 94.2 Å². The lowest BCUT2D eigenvalue weighted by molar-refractivity contribution is -0.139. The molecule has 0 aliphatic carbocycles. The molecule has 11 heteroatoms. The van der Waals surface area contributed by atoms with Gasteiger partial charge in [0, 0.05) is 51.5 Å². The third-order valence-electron chi connectivity index (χ3n) is 6.30. The van der Waals surface area contributed by atoms with Crippen LogP contribution in [0.5, 0.6) is 0 Å². The smallest absolute Gasteiger partial charge is 0.338 e. The zero-order valence-electron chi connectivity index (χ0n) is 21.4. The molecule has 37 heavy (non-hydrogen) atoms. The van der Waals surface area contributed by atoms with Crippen LogP contribution in [0.15, 0.2) is 42.1 Å². The van der Waals surface area contributed by atoms with Gasteiger partial charge in [-0.15, -0.1) is 6.58 Å². The summed E-state index contributed by atoms with van der Waals surface area (Å²) < 4.78 is 5.44. The zero-order chi connectivity index (χ0) is 26.9. The Hall–Kier alpha value is -2.75. The van der Waals surface area contributed by atoms with Gasteiger partial charge in [-0.2, -0.15) is 0 Å². The number of nitrogens with one attached hydrogen (secondary N) is 2. The molecule has 2 N–H and O–H groups in total. The zero-order valence-corrected chi connectivity index (χ0v) is 22.9. The number of carbonyl (C=O) groups excluding carboxylic acids is 3. The van der Waals surface area contributed by atoms with E-state index in [9.17, 15) is 14.4 Å². The molecule has 1 aromatic carbocycles. The predicted octanol–water partition coefficient (Wildman–Crippen LogP) is 4.19. The van der Waals surface area contributed by atoms with E-state index in [1.807, 2.05) is 11.8 Å². The minimum absolute atomic E-state index is 0.0693. The maximum Gasteiger partial charge on any atom is 0.338 e. The molecule has 3 rings (SSSR count). The average molecular weight is 553 g/mol. The maximum atomic E-state index is 13.3. The summed E-state index contributed by atoms with van der Waals surface area (Å²) in [5.41, 5.74) is 1.50. The quantitative estimate of drug-likeness (QED) is 0.354. The van der Waals surface area contributed by atoms with Gasteiger partial charge in [0.05, 0.1) is 28.3 Å². The number of halogens is 2. The van der Waals surface area contributed by atoms with Crippen LogP contribution in [0.3, 0.4) is 0 Å². The second-order valence-corrected chi connectivity index (χ2v) is 9.70. The summed E-state index contributed by atoms with van der Waals surface area (Å²) in [6.45, 7) is 11.4. The van der Waals surface area contributed by atoms with Crippen molar-refractivity contribution in [1.82, 2.24) is 25.3 Å². The Kier molecular flexibility index (Phi) is 10.7. The normalized spacial score (nSPS) is 18.8. The van der Waals surface area contributed by atoms with Gasteiger partial charge in [-0.1, -0.05) is 42.3 Å². The maximum absolute atomic E-state index is 13.3. The van der Waals surface area contributed by atoms with Crippen molar-refractivity contribution in [3.8, 4) is 0 Å². The third kappa shape index (κ3) is 7.18. The third-order valence-corrected chi connectivity index (χ3v) is 7.04. The summed E-state index contributed by atoms with van der Waals surface area (Å²) in [5.74, 6) is -0.516. The summed E-state index contributed by atoms with van der Waals surface area (Å²) in [6, 6.07) is 3.83. The molecular formula is C26H35Cl2N5O4. The summed E-state index contributed by atoms with van der Waals surface area (Å²) in [4.78, 5) is 44.5. The molecule has 2 heterocycles. The van der Waals surface area contributed by atoms with Crippen LogP contribution in [-0.4, -0.2) is 85.2 Å². The molecular weight excluding hydrogens is 517 g/mol. The first-order valence-corrected chi connectivity index (χ1v) is 13.3. The van der Waals surface area contributed by atoms with Crippen LogP contribution in [0.25, 0.3) is 0 Å². The summed E-state index contributed by atoms with van der Waals surface area (Å²) in [6.07, 6.45) is 3.26. The highest BCUT2D eigenvalue weighted by Gasteiger charge is 2.38. The fourth-order valence-corrected chi connectivity index (χ4v) is 4.78. The molecule has 1 unspecified atom stereocenters. The molecule has 0 saturated carbocycles. The summed E-state index contributed by atoms with van der Waals surface area (Å²) in [5, 5.41) is 6.55. The molecule has 1 fully saturated rings. The number of esters is 1. The van der Waals surface area contributed by atoms with E-state index in [0.717, 1.165) is 12.8 Å². The van der Waals surface area contributed by atoms with Gasteiger partial charge in [0.15, 0.2) is 0 Å². The van der Waals surface area contributed by atoms with E-state index in [1.165, 1.54) is 4.90 Å². The van der Waals surface area contributed by atoms with Gasteiger partial charge in [-0.05, 0) is 37.5 Å². The highest BCUT2D eigenvalue weighted by atomic mass is 35.5. The molecule has 0 spiro atoms. The average Bonchev–Trinajstić information content (AvgIpc) is 3.12. The number of benzene rings is 1. The van der Waals surface area contributed by atoms with Crippen molar-refractivity contribution in [2.75, 3.05) is 52.4 Å². The molecule has 1 atom stereocenters. The van der Waals surface area contributed by atoms with Gasteiger partial charge in [0.2, 0.25) is 0 Å². The van der Waals surface area contributed by atoms with Crippen LogP contribution in [0, 0.1) is 0 Å². The Morgan fingerprint density at radius 3 is 2.65 bits per heavy atom. The number of hydrogen-bond acceptors (Lipinski definition) is 5. The SMILES string of the molecule is C=CCN1C(=O)NC(c2ccc(Cl)c(Cl)c2)C(C(=O)OCC)=C1CN1CCCN(C(=O)NCCC)CC1. The molecule has 1 saturated heterocycles. The minimum atomic E-state index is -0.763. The number of nitrogens with zero attached hydrogens (tertiary/aromatic N) is 3. The Labute approximate surface area is 228 Å². The van der Waals surface area contributed by atoms with Crippen LogP contribution in [-0.2, 0) is 9.53 Å². The molecule has 1 aromatic rings. The Bertz CT molecular complexity index is 1050. The lowest BCUT2D eigenvalue weighted by atomic mass is 9.94. The fourth-order valence-electron chi connectivity index (χ4n) is 4.47. The van der Waals surface area contributed by atoms with E-state index in [-0.39, 0.29) is 25.2 Å². The second-order valence-electron chi connectivity index (χ2n) is 8.88. The first kappa shape index (κ1) is 28.8. The van der Waals surface area contributed by atoms with Gasteiger partial charge in [0.1, 0.15) is 0 Å². The first-order valence-electron chi connectivity index (χ1n) is 12.6. The van der Waals surface area contributed by atoms with Crippen molar-refractivity contribution >= 4 is 41.2 Å². The minimum Gasteiger partial charge on any atom is -0.463 e. The number of ether oxygens (including phenoxy) is 1. The number of amides is 4. The van der Waals surface area contributed by atoms with Gasteiger partial charge >= 0.3 is 18.0 Å². The molecule has 2 aliphatic rings. The van der Waals surface area contributed by atoms with Crippen molar-refractivity contribution in [2.24, 2.45) is 0 Å². The van der Waals surface area contributed by atoms with Crippen molar-refractivity contribution in [1.29, 1.82) is 0 Å². The van der Waals surface area contributed by atoms with Gasteiger partial charge in [-0.3, -0.25) is 9.80 Å². The predicted molar refractivity (Wildman–Crippen MR) is 145 cm³/mol. The van der Waals surface area contributed by atoms with Crippen LogP contribution in [0.4, 0.5) is 9.59 Å². The Morgan fingerprint density at radius 2 is 1.97 bits per heavy atom. The second kappa shape index (κ2) is 13.7. The van der Waals surface area contributed by atoms with Crippen LogP contribution in [0.1, 0.15) is 38.3 Å².